The minimum atomic E-state index is 0.0288. The number of ether oxygens (including phenoxy) is 1. The average molecular weight is 423 g/mol. The molecule has 4 rings (SSSR count). The number of hydrogen-bond donors (Lipinski definition) is 0. The SMILES string of the molecule is COc1ccccc1CCC(=O)N1CC[C@@H](c2ncc(C(=O)N3CCCC3)c(C)n2)C1. The standard InChI is InChI=1S/C24H30N4O3/c1-17-20(24(30)27-12-5-6-13-27)15-25-23(26-17)19-11-14-28(16-19)22(29)10-9-18-7-3-4-8-21(18)31-2/h3-4,7-8,15,19H,5-6,9-14,16H2,1-2H3/t19-/m1/s1. The Balaban J connectivity index is 1.35. The van der Waals surface area contributed by atoms with E-state index in [2.05, 4.69) is 9.97 Å². The van der Waals surface area contributed by atoms with Gasteiger partial charge in [0.25, 0.3) is 5.91 Å². The zero-order valence-corrected chi connectivity index (χ0v) is 18.3. The van der Waals surface area contributed by atoms with Gasteiger partial charge in [-0.05, 0) is 44.2 Å². The van der Waals surface area contributed by atoms with Crippen LogP contribution >= 0.6 is 0 Å². The summed E-state index contributed by atoms with van der Waals surface area (Å²) in [5, 5.41) is 0. The number of aromatic nitrogens is 2. The molecule has 0 spiro atoms. The predicted octanol–water partition coefficient (Wildman–Crippen LogP) is 2.98. The summed E-state index contributed by atoms with van der Waals surface area (Å²) in [6, 6.07) is 7.82. The summed E-state index contributed by atoms with van der Waals surface area (Å²) >= 11 is 0. The van der Waals surface area contributed by atoms with Crippen LogP contribution in [0.2, 0.25) is 0 Å². The molecule has 2 saturated heterocycles. The van der Waals surface area contributed by atoms with Crippen molar-refractivity contribution in [2.75, 3.05) is 33.3 Å². The van der Waals surface area contributed by atoms with Gasteiger partial charge in [-0.3, -0.25) is 9.59 Å². The maximum atomic E-state index is 12.7. The van der Waals surface area contributed by atoms with Crippen LogP contribution in [-0.4, -0.2) is 64.9 Å². The maximum Gasteiger partial charge on any atom is 0.257 e. The highest BCUT2D eigenvalue weighted by Crippen LogP contribution is 2.27. The molecule has 7 nitrogen and oxygen atoms in total. The molecule has 0 aliphatic carbocycles. The average Bonchev–Trinajstić information content (AvgIpc) is 3.50. The number of para-hydroxylation sites is 1. The predicted molar refractivity (Wildman–Crippen MR) is 117 cm³/mol. The molecule has 2 aliphatic rings. The van der Waals surface area contributed by atoms with E-state index in [-0.39, 0.29) is 17.7 Å². The Hall–Kier alpha value is -2.96. The van der Waals surface area contributed by atoms with Crippen molar-refractivity contribution in [3.63, 3.8) is 0 Å². The van der Waals surface area contributed by atoms with E-state index in [0.29, 0.717) is 31.5 Å². The molecule has 7 heteroatoms. The van der Waals surface area contributed by atoms with Gasteiger partial charge in [0.05, 0.1) is 18.4 Å². The Labute approximate surface area is 183 Å². The van der Waals surface area contributed by atoms with Crippen molar-refractivity contribution < 1.29 is 14.3 Å². The molecule has 3 heterocycles. The molecule has 1 aromatic carbocycles. The first-order valence-electron chi connectivity index (χ1n) is 11.1. The molecule has 1 aromatic heterocycles. The van der Waals surface area contributed by atoms with Crippen molar-refractivity contribution >= 4 is 11.8 Å². The fourth-order valence-electron chi connectivity index (χ4n) is 4.49. The van der Waals surface area contributed by atoms with Gasteiger partial charge in [-0.2, -0.15) is 0 Å². The molecule has 31 heavy (non-hydrogen) atoms. The second-order valence-corrected chi connectivity index (χ2v) is 8.36. The highest BCUT2D eigenvalue weighted by molar-refractivity contribution is 5.95. The molecule has 1 atom stereocenters. The zero-order valence-electron chi connectivity index (χ0n) is 18.3. The van der Waals surface area contributed by atoms with E-state index in [1.165, 1.54) is 0 Å². The summed E-state index contributed by atoms with van der Waals surface area (Å²) in [6.07, 6.45) is 5.76. The number of amides is 2. The zero-order chi connectivity index (χ0) is 21.8. The van der Waals surface area contributed by atoms with Crippen LogP contribution in [0, 0.1) is 6.92 Å². The summed E-state index contributed by atoms with van der Waals surface area (Å²) in [4.78, 5) is 38.3. The summed E-state index contributed by atoms with van der Waals surface area (Å²) in [5.41, 5.74) is 2.36. The molecular formula is C24H30N4O3. The molecule has 0 radical (unpaired) electrons. The second-order valence-electron chi connectivity index (χ2n) is 8.36. The van der Waals surface area contributed by atoms with Gasteiger partial charge in [-0.15, -0.1) is 0 Å². The monoisotopic (exact) mass is 422 g/mol. The number of benzene rings is 1. The quantitative estimate of drug-likeness (QED) is 0.715. The number of carbonyl (C=O) groups is 2. The number of methoxy groups -OCH3 is 1. The summed E-state index contributed by atoms with van der Waals surface area (Å²) in [7, 11) is 1.65. The van der Waals surface area contributed by atoms with Crippen molar-refractivity contribution in [3.05, 3.63) is 53.1 Å². The Bertz CT molecular complexity index is 956. The largest absolute Gasteiger partial charge is 0.496 e. The number of rotatable bonds is 6. The Kier molecular flexibility index (Phi) is 6.49. The van der Waals surface area contributed by atoms with Crippen molar-refractivity contribution in [1.29, 1.82) is 0 Å². The van der Waals surface area contributed by atoms with Gasteiger partial charge in [0.2, 0.25) is 5.91 Å². The van der Waals surface area contributed by atoms with Gasteiger partial charge >= 0.3 is 0 Å². The fourth-order valence-corrected chi connectivity index (χ4v) is 4.49. The molecule has 2 amide bonds. The molecule has 2 aromatic rings. The highest BCUT2D eigenvalue weighted by Gasteiger charge is 2.30. The van der Waals surface area contributed by atoms with E-state index in [4.69, 9.17) is 4.74 Å². The third-order valence-corrected chi connectivity index (χ3v) is 6.33. The third kappa shape index (κ3) is 4.70. The van der Waals surface area contributed by atoms with Crippen molar-refractivity contribution in [3.8, 4) is 5.75 Å². The summed E-state index contributed by atoms with van der Waals surface area (Å²) in [5.74, 6) is 1.84. The van der Waals surface area contributed by atoms with Gasteiger partial charge in [0.15, 0.2) is 0 Å². The fraction of sp³-hybridized carbons (Fsp3) is 0.500. The number of hydrogen-bond acceptors (Lipinski definition) is 5. The molecule has 0 unspecified atom stereocenters. The number of likely N-dealkylation sites (tertiary alicyclic amines) is 2. The first kappa shape index (κ1) is 21.3. The van der Waals surface area contributed by atoms with Gasteiger partial charge in [0, 0.05) is 44.7 Å². The van der Waals surface area contributed by atoms with Crippen LogP contribution in [0.3, 0.4) is 0 Å². The summed E-state index contributed by atoms with van der Waals surface area (Å²) < 4.78 is 5.38. The van der Waals surface area contributed by atoms with E-state index in [0.717, 1.165) is 55.2 Å². The molecule has 164 valence electrons. The minimum absolute atomic E-state index is 0.0288. The lowest BCUT2D eigenvalue weighted by Gasteiger charge is -2.18. The molecule has 2 fully saturated rings. The smallest absolute Gasteiger partial charge is 0.257 e. The van der Waals surface area contributed by atoms with Crippen molar-refractivity contribution in [1.82, 2.24) is 19.8 Å². The third-order valence-electron chi connectivity index (χ3n) is 6.33. The van der Waals surface area contributed by atoms with E-state index in [1.807, 2.05) is 41.0 Å². The lowest BCUT2D eigenvalue weighted by Crippen LogP contribution is -2.29. The second kappa shape index (κ2) is 9.45. The van der Waals surface area contributed by atoms with E-state index in [1.54, 1.807) is 13.3 Å². The molecule has 0 N–H and O–H groups in total. The first-order valence-corrected chi connectivity index (χ1v) is 11.1. The van der Waals surface area contributed by atoms with Gasteiger partial charge < -0.3 is 14.5 Å². The first-order chi connectivity index (χ1) is 15.1. The Morgan fingerprint density at radius 2 is 1.90 bits per heavy atom. The normalized spacial score (nSPS) is 18.5. The summed E-state index contributed by atoms with van der Waals surface area (Å²) in [6.45, 7) is 4.85. The molecule has 0 bridgehead atoms. The van der Waals surface area contributed by atoms with Crippen LogP contribution in [0.5, 0.6) is 5.75 Å². The van der Waals surface area contributed by atoms with E-state index < -0.39 is 0 Å². The van der Waals surface area contributed by atoms with Crippen LogP contribution in [0.4, 0.5) is 0 Å². The van der Waals surface area contributed by atoms with Gasteiger partial charge in [-0.25, -0.2) is 9.97 Å². The minimum Gasteiger partial charge on any atom is -0.496 e. The molecular weight excluding hydrogens is 392 g/mol. The number of aryl methyl sites for hydroxylation is 2. The number of carbonyl (C=O) groups excluding carboxylic acids is 2. The van der Waals surface area contributed by atoms with E-state index in [9.17, 15) is 9.59 Å². The molecule has 2 aliphatic heterocycles. The molecule has 0 saturated carbocycles. The van der Waals surface area contributed by atoms with Crippen LogP contribution in [0.25, 0.3) is 0 Å². The Morgan fingerprint density at radius 3 is 2.65 bits per heavy atom. The van der Waals surface area contributed by atoms with Crippen LogP contribution in [-0.2, 0) is 11.2 Å². The van der Waals surface area contributed by atoms with E-state index >= 15 is 0 Å². The van der Waals surface area contributed by atoms with Crippen molar-refractivity contribution in [2.24, 2.45) is 0 Å². The van der Waals surface area contributed by atoms with Crippen LogP contribution in [0.1, 0.15) is 59.0 Å². The Morgan fingerprint density at radius 1 is 1.13 bits per heavy atom. The highest BCUT2D eigenvalue weighted by atomic mass is 16.5. The van der Waals surface area contributed by atoms with Crippen LogP contribution < -0.4 is 4.74 Å². The lowest BCUT2D eigenvalue weighted by molar-refractivity contribution is -0.130. The van der Waals surface area contributed by atoms with Crippen molar-refractivity contribution in [2.45, 2.75) is 44.9 Å². The topological polar surface area (TPSA) is 75.6 Å². The maximum absolute atomic E-state index is 12.7. The van der Waals surface area contributed by atoms with Gasteiger partial charge in [0.1, 0.15) is 11.6 Å². The van der Waals surface area contributed by atoms with Crippen LogP contribution in [0.15, 0.2) is 30.5 Å². The lowest BCUT2D eigenvalue weighted by atomic mass is 10.1. The van der Waals surface area contributed by atoms with Gasteiger partial charge in [-0.1, -0.05) is 18.2 Å². The number of nitrogens with zero attached hydrogens (tertiary/aromatic N) is 4.